The van der Waals surface area contributed by atoms with Crippen LogP contribution >= 0.6 is 0 Å². The molecule has 3 heteroatoms. The number of rotatable bonds is 3. The molecule has 0 aliphatic heterocycles. The molecule has 19 heavy (non-hydrogen) atoms. The second-order valence-corrected chi connectivity index (χ2v) is 4.76. The lowest BCUT2D eigenvalue weighted by Gasteiger charge is -2.09. The van der Waals surface area contributed by atoms with Crippen LogP contribution in [0.1, 0.15) is 42.7 Å². The minimum absolute atomic E-state index is 0.0437. The van der Waals surface area contributed by atoms with E-state index in [9.17, 15) is 0 Å². The molecule has 1 atom stereocenters. The molecule has 0 saturated heterocycles. The number of pyridine rings is 2. The first-order valence-electron chi connectivity index (χ1n) is 6.48. The summed E-state index contributed by atoms with van der Waals surface area (Å²) in [6, 6.07) is 12.1. The molecule has 0 amide bonds. The van der Waals surface area contributed by atoms with Crippen molar-refractivity contribution in [2.24, 2.45) is 4.99 Å². The van der Waals surface area contributed by atoms with E-state index in [0.717, 1.165) is 28.5 Å². The highest BCUT2D eigenvalue weighted by Gasteiger charge is 2.07. The van der Waals surface area contributed by atoms with Gasteiger partial charge in [0.2, 0.25) is 0 Å². The van der Waals surface area contributed by atoms with E-state index in [-0.39, 0.29) is 6.04 Å². The summed E-state index contributed by atoms with van der Waals surface area (Å²) in [5.74, 6) is 0. The zero-order chi connectivity index (χ0) is 13.8. The van der Waals surface area contributed by atoms with Gasteiger partial charge in [0, 0.05) is 11.4 Å². The summed E-state index contributed by atoms with van der Waals surface area (Å²) in [5.41, 5.74) is 4.89. The maximum atomic E-state index is 4.69. The second kappa shape index (κ2) is 5.74. The Balaban J connectivity index is 2.25. The van der Waals surface area contributed by atoms with Crippen LogP contribution in [-0.4, -0.2) is 15.7 Å². The van der Waals surface area contributed by atoms with Crippen LogP contribution < -0.4 is 0 Å². The molecule has 0 aliphatic carbocycles. The largest absolute Gasteiger partial charge is 0.278 e. The summed E-state index contributed by atoms with van der Waals surface area (Å²) in [7, 11) is 0. The SMILES string of the molecule is CC(=N[C@@H](C)c1cccc(C)n1)c1cccc(C)n1. The van der Waals surface area contributed by atoms with Gasteiger partial charge in [0.25, 0.3) is 0 Å². The summed E-state index contributed by atoms with van der Waals surface area (Å²) in [6.45, 7) is 8.03. The minimum atomic E-state index is 0.0437. The fraction of sp³-hybridized carbons (Fsp3) is 0.312. The molecule has 0 saturated carbocycles. The molecule has 2 aromatic rings. The Labute approximate surface area is 114 Å². The maximum Gasteiger partial charge on any atom is 0.0895 e. The monoisotopic (exact) mass is 253 g/mol. The van der Waals surface area contributed by atoms with E-state index >= 15 is 0 Å². The highest BCUT2D eigenvalue weighted by Crippen LogP contribution is 2.16. The van der Waals surface area contributed by atoms with Gasteiger partial charge in [-0.1, -0.05) is 12.1 Å². The van der Waals surface area contributed by atoms with Gasteiger partial charge in [-0.15, -0.1) is 0 Å². The lowest BCUT2D eigenvalue weighted by Crippen LogP contribution is -2.03. The standard InChI is InChI=1S/C16H19N3/c1-11-7-5-9-15(17-11)13(3)19-14(4)16-10-6-8-12(2)18-16/h5-10,13H,1-4H3/t13-/m0/s1. The number of hydrogen-bond donors (Lipinski definition) is 0. The minimum Gasteiger partial charge on any atom is -0.278 e. The van der Waals surface area contributed by atoms with Gasteiger partial charge in [-0.2, -0.15) is 0 Å². The Morgan fingerprint density at radius 1 is 1.00 bits per heavy atom. The molecule has 2 aromatic heterocycles. The van der Waals surface area contributed by atoms with Crippen molar-refractivity contribution in [2.75, 3.05) is 0 Å². The molecule has 0 unspecified atom stereocenters. The molecular formula is C16H19N3. The molecule has 2 heterocycles. The van der Waals surface area contributed by atoms with Gasteiger partial charge >= 0.3 is 0 Å². The molecule has 0 aromatic carbocycles. The molecule has 0 radical (unpaired) electrons. The number of nitrogens with zero attached hydrogens (tertiary/aromatic N) is 3. The third kappa shape index (κ3) is 3.47. The molecule has 0 spiro atoms. The zero-order valence-electron chi connectivity index (χ0n) is 11.9. The molecule has 0 N–H and O–H groups in total. The smallest absolute Gasteiger partial charge is 0.0895 e. The van der Waals surface area contributed by atoms with Crippen molar-refractivity contribution in [1.29, 1.82) is 0 Å². The van der Waals surface area contributed by atoms with Crippen molar-refractivity contribution >= 4 is 5.71 Å². The van der Waals surface area contributed by atoms with E-state index in [1.807, 2.05) is 57.2 Å². The Morgan fingerprint density at radius 3 is 2.26 bits per heavy atom. The molecule has 0 aliphatic rings. The van der Waals surface area contributed by atoms with Crippen LogP contribution in [0.25, 0.3) is 0 Å². The quantitative estimate of drug-likeness (QED) is 0.783. The zero-order valence-corrected chi connectivity index (χ0v) is 11.9. The van der Waals surface area contributed by atoms with Gasteiger partial charge in [0.05, 0.1) is 23.1 Å². The third-order valence-corrected chi connectivity index (χ3v) is 2.98. The van der Waals surface area contributed by atoms with Gasteiger partial charge in [0.1, 0.15) is 0 Å². The van der Waals surface area contributed by atoms with Crippen LogP contribution in [0.3, 0.4) is 0 Å². The Morgan fingerprint density at radius 2 is 1.63 bits per heavy atom. The van der Waals surface area contributed by atoms with E-state index in [2.05, 4.69) is 16.9 Å². The first kappa shape index (κ1) is 13.4. The van der Waals surface area contributed by atoms with Crippen LogP contribution in [0.5, 0.6) is 0 Å². The molecule has 98 valence electrons. The normalized spacial score (nSPS) is 13.4. The first-order valence-corrected chi connectivity index (χ1v) is 6.48. The van der Waals surface area contributed by atoms with Crippen LogP contribution in [-0.2, 0) is 0 Å². The highest BCUT2D eigenvalue weighted by atomic mass is 14.9. The Kier molecular flexibility index (Phi) is 4.05. The van der Waals surface area contributed by atoms with Crippen molar-refractivity contribution in [3.63, 3.8) is 0 Å². The van der Waals surface area contributed by atoms with E-state index in [1.54, 1.807) is 0 Å². The second-order valence-electron chi connectivity index (χ2n) is 4.76. The topological polar surface area (TPSA) is 38.1 Å². The maximum absolute atomic E-state index is 4.69. The molecule has 0 bridgehead atoms. The first-order chi connectivity index (χ1) is 9.06. The number of aryl methyl sites for hydroxylation is 2. The lowest BCUT2D eigenvalue weighted by atomic mass is 10.2. The summed E-state index contributed by atoms with van der Waals surface area (Å²) >= 11 is 0. The summed E-state index contributed by atoms with van der Waals surface area (Å²) in [4.78, 5) is 13.7. The Bertz CT molecular complexity index is 602. The van der Waals surface area contributed by atoms with Crippen molar-refractivity contribution in [1.82, 2.24) is 9.97 Å². The third-order valence-electron chi connectivity index (χ3n) is 2.98. The predicted octanol–water partition coefficient (Wildman–Crippen LogP) is 3.66. The molecule has 0 fully saturated rings. The number of aromatic nitrogens is 2. The van der Waals surface area contributed by atoms with E-state index in [1.165, 1.54) is 0 Å². The van der Waals surface area contributed by atoms with Crippen molar-refractivity contribution in [2.45, 2.75) is 33.7 Å². The average Bonchev–Trinajstić information content (AvgIpc) is 2.38. The molecule has 3 nitrogen and oxygen atoms in total. The van der Waals surface area contributed by atoms with E-state index in [4.69, 9.17) is 4.99 Å². The van der Waals surface area contributed by atoms with Gasteiger partial charge in [0.15, 0.2) is 0 Å². The summed E-state index contributed by atoms with van der Waals surface area (Å²) in [5, 5.41) is 0. The number of hydrogen-bond acceptors (Lipinski definition) is 3. The van der Waals surface area contributed by atoms with Crippen LogP contribution in [0, 0.1) is 13.8 Å². The lowest BCUT2D eigenvalue weighted by molar-refractivity contribution is 0.776. The van der Waals surface area contributed by atoms with Crippen LogP contribution in [0.2, 0.25) is 0 Å². The summed E-state index contributed by atoms with van der Waals surface area (Å²) < 4.78 is 0. The van der Waals surface area contributed by atoms with E-state index in [0.29, 0.717) is 0 Å². The average molecular weight is 253 g/mol. The van der Waals surface area contributed by atoms with E-state index < -0.39 is 0 Å². The van der Waals surface area contributed by atoms with Gasteiger partial charge in [-0.3, -0.25) is 15.0 Å². The predicted molar refractivity (Wildman–Crippen MR) is 78.6 cm³/mol. The fourth-order valence-electron chi connectivity index (χ4n) is 1.96. The fourth-order valence-corrected chi connectivity index (χ4v) is 1.96. The van der Waals surface area contributed by atoms with Crippen LogP contribution in [0.15, 0.2) is 41.4 Å². The van der Waals surface area contributed by atoms with Crippen molar-refractivity contribution < 1.29 is 0 Å². The molecular weight excluding hydrogens is 234 g/mol. The van der Waals surface area contributed by atoms with Gasteiger partial charge in [-0.25, -0.2) is 0 Å². The summed E-state index contributed by atoms with van der Waals surface area (Å²) in [6.07, 6.45) is 0. The van der Waals surface area contributed by atoms with Crippen molar-refractivity contribution in [3.05, 3.63) is 59.2 Å². The van der Waals surface area contributed by atoms with Crippen LogP contribution in [0.4, 0.5) is 0 Å². The van der Waals surface area contributed by atoms with Gasteiger partial charge < -0.3 is 0 Å². The Hall–Kier alpha value is -2.03. The van der Waals surface area contributed by atoms with Gasteiger partial charge in [-0.05, 0) is 52.0 Å². The molecule has 2 rings (SSSR count). The van der Waals surface area contributed by atoms with Crippen molar-refractivity contribution in [3.8, 4) is 0 Å². The highest BCUT2D eigenvalue weighted by molar-refractivity contribution is 5.97. The number of aliphatic imine (C=N–C) groups is 1.